The highest BCUT2D eigenvalue weighted by atomic mass is 16.5. The Kier molecular flexibility index (Phi) is 2.94. The van der Waals surface area contributed by atoms with Gasteiger partial charge in [0.15, 0.2) is 0 Å². The molecule has 0 bridgehead atoms. The third kappa shape index (κ3) is 2.07. The molecular weight excluding hydrogens is 198 g/mol. The molecule has 2 nitrogen and oxygen atoms in total. The van der Waals surface area contributed by atoms with Crippen LogP contribution in [0.2, 0.25) is 0 Å². The van der Waals surface area contributed by atoms with E-state index in [1.54, 1.807) is 7.11 Å². The molecule has 2 rings (SSSR count). The van der Waals surface area contributed by atoms with Crippen LogP contribution in [0, 0.1) is 5.41 Å². The minimum absolute atomic E-state index is 0.286. The maximum Gasteiger partial charge on any atom is 0.119 e. The Morgan fingerprint density at radius 2 is 2.06 bits per heavy atom. The van der Waals surface area contributed by atoms with Gasteiger partial charge in [-0.25, -0.2) is 0 Å². The summed E-state index contributed by atoms with van der Waals surface area (Å²) in [5.41, 5.74) is 3.15. The standard InChI is InChI=1S/C14H21NO/c1-14(2,3)13-9-15-8-10-5-6-11(16-4)7-12(10)13/h5-7,13,15H,8-9H2,1-4H3. The smallest absolute Gasteiger partial charge is 0.119 e. The Morgan fingerprint density at radius 3 is 2.69 bits per heavy atom. The molecule has 1 atom stereocenters. The van der Waals surface area contributed by atoms with Crippen molar-refractivity contribution in [1.82, 2.24) is 5.32 Å². The number of ether oxygens (including phenoxy) is 1. The zero-order valence-corrected chi connectivity index (χ0v) is 10.6. The molecule has 16 heavy (non-hydrogen) atoms. The Hall–Kier alpha value is -1.02. The Bertz CT molecular complexity index is 379. The van der Waals surface area contributed by atoms with Crippen molar-refractivity contribution < 1.29 is 4.74 Å². The van der Waals surface area contributed by atoms with Crippen molar-refractivity contribution in [2.45, 2.75) is 33.2 Å². The van der Waals surface area contributed by atoms with Gasteiger partial charge in [-0.2, -0.15) is 0 Å². The number of hydrogen-bond donors (Lipinski definition) is 1. The van der Waals surface area contributed by atoms with E-state index in [4.69, 9.17) is 4.74 Å². The van der Waals surface area contributed by atoms with Gasteiger partial charge in [0.25, 0.3) is 0 Å². The van der Waals surface area contributed by atoms with Crippen molar-refractivity contribution in [2.75, 3.05) is 13.7 Å². The number of rotatable bonds is 1. The second kappa shape index (κ2) is 4.10. The van der Waals surface area contributed by atoms with Gasteiger partial charge >= 0.3 is 0 Å². The molecule has 1 aliphatic heterocycles. The van der Waals surface area contributed by atoms with Crippen molar-refractivity contribution >= 4 is 0 Å². The Labute approximate surface area is 98.0 Å². The molecule has 2 heteroatoms. The lowest BCUT2D eigenvalue weighted by Crippen LogP contribution is -2.35. The van der Waals surface area contributed by atoms with E-state index in [0.29, 0.717) is 5.92 Å². The van der Waals surface area contributed by atoms with Crippen LogP contribution < -0.4 is 10.1 Å². The fourth-order valence-electron chi connectivity index (χ4n) is 2.42. The predicted octanol–water partition coefficient (Wildman–Crippen LogP) is 2.93. The number of methoxy groups -OCH3 is 1. The van der Waals surface area contributed by atoms with Crippen LogP contribution in [-0.2, 0) is 6.54 Å². The first-order valence-electron chi connectivity index (χ1n) is 5.90. The molecule has 1 N–H and O–H groups in total. The molecule has 1 heterocycles. The molecule has 0 amide bonds. The van der Waals surface area contributed by atoms with Crippen molar-refractivity contribution in [1.29, 1.82) is 0 Å². The Balaban J connectivity index is 2.43. The molecule has 0 spiro atoms. The van der Waals surface area contributed by atoms with E-state index < -0.39 is 0 Å². The monoisotopic (exact) mass is 219 g/mol. The van der Waals surface area contributed by atoms with Crippen LogP contribution in [0.15, 0.2) is 18.2 Å². The third-order valence-corrected chi connectivity index (χ3v) is 3.44. The average molecular weight is 219 g/mol. The molecule has 1 unspecified atom stereocenters. The van der Waals surface area contributed by atoms with Gasteiger partial charge in [-0.05, 0) is 28.7 Å². The van der Waals surface area contributed by atoms with Gasteiger partial charge in [0.2, 0.25) is 0 Å². The SMILES string of the molecule is COc1ccc2c(c1)C(C(C)(C)C)CNC2. The van der Waals surface area contributed by atoms with Crippen LogP contribution >= 0.6 is 0 Å². The van der Waals surface area contributed by atoms with E-state index in [1.807, 2.05) is 6.07 Å². The molecule has 1 aliphatic rings. The molecule has 0 radical (unpaired) electrons. The van der Waals surface area contributed by atoms with Gasteiger partial charge in [-0.1, -0.05) is 26.8 Å². The Morgan fingerprint density at radius 1 is 1.31 bits per heavy atom. The van der Waals surface area contributed by atoms with E-state index in [1.165, 1.54) is 11.1 Å². The van der Waals surface area contributed by atoms with Crippen LogP contribution in [0.5, 0.6) is 5.75 Å². The van der Waals surface area contributed by atoms with E-state index in [9.17, 15) is 0 Å². The highest BCUT2D eigenvalue weighted by Gasteiger charge is 2.30. The molecule has 0 saturated heterocycles. The van der Waals surface area contributed by atoms with Gasteiger partial charge in [0.1, 0.15) is 5.75 Å². The first-order valence-corrected chi connectivity index (χ1v) is 5.90. The number of fused-ring (bicyclic) bond motifs is 1. The molecule has 0 saturated carbocycles. The fourth-order valence-corrected chi connectivity index (χ4v) is 2.42. The molecular formula is C14H21NO. The van der Waals surface area contributed by atoms with Gasteiger partial charge in [-0.15, -0.1) is 0 Å². The van der Waals surface area contributed by atoms with Crippen LogP contribution in [0.4, 0.5) is 0 Å². The number of hydrogen-bond acceptors (Lipinski definition) is 2. The molecule has 1 aromatic rings. The minimum Gasteiger partial charge on any atom is -0.497 e. The summed E-state index contributed by atoms with van der Waals surface area (Å²) in [5, 5.41) is 3.49. The average Bonchev–Trinajstić information content (AvgIpc) is 2.26. The van der Waals surface area contributed by atoms with Crippen molar-refractivity contribution in [3.8, 4) is 5.75 Å². The molecule has 0 aromatic heterocycles. The summed E-state index contributed by atoms with van der Waals surface area (Å²) in [6, 6.07) is 6.43. The summed E-state index contributed by atoms with van der Waals surface area (Å²) in [4.78, 5) is 0. The highest BCUT2D eigenvalue weighted by Crippen LogP contribution is 2.39. The maximum absolute atomic E-state index is 5.32. The summed E-state index contributed by atoms with van der Waals surface area (Å²) in [6.07, 6.45) is 0. The van der Waals surface area contributed by atoms with Gasteiger partial charge in [0.05, 0.1) is 7.11 Å². The third-order valence-electron chi connectivity index (χ3n) is 3.44. The van der Waals surface area contributed by atoms with Crippen molar-refractivity contribution in [3.05, 3.63) is 29.3 Å². The number of nitrogens with one attached hydrogen (secondary N) is 1. The second-order valence-electron chi connectivity index (χ2n) is 5.61. The first-order chi connectivity index (χ1) is 7.52. The van der Waals surface area contributed by atoms with Crippen molar-refractivity contribution in [3.63, 3.8) is 0 Å². The minimum atomic E-state index is 0.286. The van der Waals surface area contributed by atoms with Gasteiger partial charge < -0.3 is 10.1 Å². The quantitative estimate of drug-likeness (QED) is 0.784. The number of benzene rings is 1. The summed E-state index contributed by atoms with van der Waals surface area (Å²) in [5.74, 6) is 1.53. The first kappa shape index (κ1) is 11.5. The summed E-state index contributed by atoms with van der Waals surface area (Å²) in [7, 11) is 1.73. The van der Waals surface area contributed by atoms with E-state index >= 15 is 0 Å². The summed E-state index contributed by atoms with van der Waals surface area (Å²) < 4.78 is 5.32. The summed E-state index contributed by atoms with van der Waals surface area (Å²) >= 11 is 0. The summed E-state index contributed by atoms with van der Waals surface area (Å²) in [6.45, 7) is 8.94. The lowest BCUT2D eigenvalue weighted by atomic mass is 9.73. The zero-order chi connectivity index (χ0) is 11.8. The van der Waals surface area contributed by atoms with E-state index in [0.717, 1.165) is 18.8 Å². The van der Waals surface area contributed by atoms with Crippen molar-refractivity contribution in [2.24, 2.45) is 5.41 Å². The lowest BCUT2D eigenvalue weighted by Gasteiger charge is -2.36. The largest absolute Gasteiger partial charge is 0.497 e. The predicted molar refractivity (Wildman–Crippen MR) is 66.9 cm³/mol. The molecule has 88 valence electrons. The van der Waals surface area contributed by atoms with Crippen LogP contribution in [0.3, 0.4) is 0 Å². The lowest BCUT2D eigenvalue weighted by molar-refractivity contribution is 0.295. The molecule has 1 aromatic carbocycles. The molecule has 0 aliphatic carbocycles. The molecule has 0 fully saturated rings. The van der Waals surface area contributed by atoms with Crippen LogP contribution in [-0.4, -0.2) is 13.7 Å². The second-order valence-corrected chi connectivity index (χ2v) is 5.61. The topological polar surface area (TPSA) is 21.3 Å². The van der Waals surface area contributed by atoms with E-state index in [-0.39, 0.29) is 5.41 Å². The highest BCUT2D eigenvalue weighted by molar-refractivity contribution is 5.40. The van der Waals surface area contributed by atoms with Gasteiger partial charge in [0, 0.05) is 19.0 Å². The van der Waals surface area contributed by atoms with Crippen LogP contribution in [0.1, 0.15) is 37.8 Å². The van der Waals surface area contributed by atoms with E-state index in [2.05, 4.69) is 38.2 Å². The van der Waals surface area contributed by atoms with Crippen LogP contribution in [0.25, 0.3) is 0 Å². The fraction of sp³-hybridized carbons (Fsp3) is 0.571. The zero-order valence-electron chi connectivity index (χ0n) is 10.6. The van der Waals surface area contributed by atoms with Gasteiger partial charge in [-0.3, -0.25) is 0 Å². The maximum atomic E-state index is 5.32. The normalized spacial score (nSPS) is 20.4.